The fraction of sp³-hybridized carbons (Fsp3) is 0.154. The number of ether oxygens (including phenoxy) is 1. The van der Waals surface area contributed by atoms with Gasteiger partial charge in [0, 0.05) is 11.1 Å². The van der Waals surface area contributed by atoms with Gasteiger partial charge in [0.05, 0.1) is 12.2 Å². The van der Waals surface area contributed by atoms with Gasteiger partial charge in [0.1, 0.15) is 5.69 Å². The quantitative estimate of drug-likeness (QED) is 0.842. The first-order valence-electron chi connectivity index (χ1n) is 5.89. The molecule has 0 atom stereocenters. The molecule has 3 N–H and O–H groups in total. The molecule has 1 heterocycles. The lowest BCUT2D eigenvalue weighted by atomic mass is 10.2. The Labute approximate surface area is 119 Å². The van der Waals surface area contributed by atoms with Crippen molar-refractivity contribution in [2.45, 2.75) is 6.92 Å². The van der Waals surface area contributed by atoms with Crippen LogP contribution in [-0.2, 0) is 4.74 Å². The second-order valence-electron chi connectivity index (χ2n) is 3.82. The Morgan fingerprint density at radius 1 is 1.35 bits per heavy atom. The summed E-state index contributed by atoms with van der Waals surface area (Å²) in [6.07, 6.45) is 0. The molecule has 0 fully saturated rings. The van der Waals surface area contributed by atoms with Crippen LogP contribution in [0.3, 0.4) is 0 Å². The average Bonchev–Trinajstić information content (AvgIpc) is 2.86. The lowest BCUT2D eigenvalue weighted by Gasteiger charge is -2.05. The summed E-state index contributed by atoms with van der Waals surface area (Å²) in [5.74, 6) is -0.737. The van der Waals surface area contributed by atoms with Gasteiger partial charge < -0.3 is 15.8 Å². The smallest absolute Gasteiger partial charge is 0.338 e. The van der Waals surface area contributed by atoms with Crippen LogP contribution in [0.4, 0.5) is 10.8 Å². The van der Waals surface area contributed by atoms with Crippen LogP contribution in [0.25, 0.3) is 0 Å². The molecule has 0 aliphatic heterocycles. The molecule has 0 saturated carbocycles. The highest BCUT2D eigenvalue weighted by molar-refractivity contribution is 7.13. The number of anilines is 2. The van der Waals surface area contributed by atoms with Crippen LogP contribution in [0.15, 0.2) is 29.6 Å². The monoisotopic (exact) mass is 291 g/mol. The van der Waals surface area contributed by atoms with Gasteiger partial charge in [-0.3, -0.25) is 4.79 Å². The number of nitrogens with zero attached hydrogens (tertiary/aromatic N) is 1. The second kappa shape index (κ2) is 6.16. The Morgan fingerprint density at radius 3 is 2.60 bits per heavy atom. The molecule has 20 heavy (non-hydrogen) atoms. The highest BCUT2D eigenvalue weighted by atomic mass is 32.1. The molecule has 0 aliphatic rings. The first-order chi connectivity index (χ1) is 9.60. The van der Waals surface area contributed by atoms with Gasteiger partial charge in [-0.15, -0.1) is 11.3 Å². The van der Waals surface area contributed by atoms with Crippen LogP contribution in [0, 0.1) is 0 Å². The maximum absolute atomic E-state index is 11.8. The zero-order valence-corrected chi connectivity index (χ0v) is 11.6. The van der Waals surface area contributed by atoms with E-state index >= 15 is 0 Å². The largest absolute Gasteiger partial charge is 0.462 e. The molecule has 0 aliphatic carbocycles. The normalized spacial score (nSPS) is 10.1. The number of nitrogens with one attached hydrogen (secondary N) is 1. The molecular formula is C13H13N3O3S. The molecule has 1 aromatic heterocycles. The van der Waals surface area contributed by atoms with E-state index in [-0.39, 0.29) is 11.6 Å². The van der Waals surface area contributed by atoms with E-state index in [2.05, 4.69) is 10.3 Å². The molecule has 0 saturated heterocycles. The number of aromatic nitrogens is 1. The van der Waals surface area contributed by atoms with E-state index in [1.165, 1.54) is 11.3 Å². The van der Waals surface area contributed by atoms with Crippen molar-refractivity contribution in [3.05, 3.63) is 40.9 Å². The summed E-state index contributed by atoms with van der Waals surface area (Å²) < 4.78 is 4.87. The van der Waals surface area contributed by atoms with Crippen molar-refractivity contribution in [3.63, 3.8) is 0 Å². The molecule has 0 spiro atoms. The number of carbonyl (C=O) groups is 2. The highest BCUT2D eigenvalue weighted by Crippen LogP contribution is 2.15. The minimum absolute atomic E-state index is 0.266. The maximum Gasteiger partial charge on any atom is 0.338 e. The van der Waals surface area contributed by atoms with E-state index in [4.69, 9.17) is 10.5 Å². The number of amides is 1. The van der Waals surface area contributed by atoms with Gasteiger partial charge in [-0.05, 0) is 31.2 Å². The predicted octanol–water partition coefficient (Wildman–Crippen LogP) is 2.15. The van der Waals surface area contributed by atoms with Crippen LogP contribution < -0.4 is 11.1 Å². The lowest BCUT2D eigenvalue weighted by molar-refractivity contribution is 0.0526. The lowest BCUT2D eigenvalue weighted by Crippen LogP contribution is -2.12. The van der Waals surface area contributed by atoms with Gasteiger partial charge in [0.2, 0.25) is 0 Å². The standard InChI is InChI=1S/C13H13N3O3S/c1-2-19-12(18)8-3-5-9(6-4-8)15-11(17)10-7-20-13(14)16-10/h3-7H,2H2,1H3,(H2,14,16)(H,15,17). The molecule has 0 radical (unpaired) electrons. The summed E-state index contributed by atoms with van der Waals surface area (Å²) in [6.45, 7) is 2.06. The van der Waals surface area contributed by atoms with Gasteiger partial charge in [0.15, 0.2) is 5.13 Å². The molecule has 0 bridgehead atoms. The zero-order valence-electron chi connectivity index (χ0n) is 10.8. The number of rotatable bonds is 4. The van der Waals surface area contributed by atoms with Crippen molar-refractivity contribution in [3.8, 4) is 0 Å². The van der Waals surface area contributed by atoms with Crippen LogP contribution in [0.5, 0.6) is 0 Å². The van der Waals surface area contributed by atoms with Gasteiger partial charge in [-0.25, -0.2) is 9.78 Å². The molecule has 7 heteroatoms. The number of hydrogen-bond acceptors (Lipinski definition) is 6. The third-order valence-corrected chi connectivity index (χ3v) is 3.08. The van der Waals surface area contributed by atoms with Crippen LogP contribution in [-0.4, -0.2) is 23.5 Å². The third kappa shape index (κ3) is 3.33. The predicted molar refractivity (Wildman–Crippen MR) is 76.9 cm³/mol. The Bertz CT molecular complexity index is 622. The minimum atomic E-state index is -0.391. The second-order valence-corrected chi connectivity index (χ2v) is 4.71. The molecular weight excluding hydrogens is 278 g/mol. The number of nitrogen functional groups attached to an aromatic ring is 1. The molecule has 0 unspecified atom stereocenters. The molecule has 2 aromatic rings. The number of hydrogen-bond donors (Lipinski definition) is 2. The van der Waals surface area contributed by atoms with E-state index in [0.717, 1.165) is 0 Å². The summed E-state index contributed by atoms with van der Waals surface area (Å²) in [7, 11) is 0. The van der Waals surface area contributed by atoms with E-state index in [1.807, 2.05) is 0 Å². The van der Waals surface area contributed by atoms with Crippen LogP contribution >= 0.6 is 11.3 Å². The molecule has 1 amide bonds. The van der Waals surface area contributed by atoms with Gasteiger partial charge in [0.25, 0.3) is 5.91 Å². The topological polar surface area (TPSA) is 94.3 Å². The van der Waals surface area contributed by atoms with Gasteiger partial charge >= 0.3 is 5.97 Å². The van der Waals surface area contributed by atoms with E-state index in [9.17, 15) is 9.59 Å². The summed E-state index contributed by atoms with van der Waals surface area (Å²) in [6, 6.07) is 6.42. The highest BCUT2D eigenvalue weighted by Gasteiger charge is 2.11. The van der Waals surface area contributed by atoms with E-state index < -0.39 is 5.97 Å². The van der Waals surface area contributed by atoms with Gasteiger partial charge in [-0.1, -0.05) is 0 Å². The fourth-order valence-electron chi connectivity index (χ4n) is 1.49. The molecule has 104 valence electrons. The number of nitrogens with two attached hydrogens (primary N) is 1. The number of esters is 1. The zero-order chi connectivity index (χ0) is 14.5. The Hall–Kier alpha value is -2.41. The summed E-state index contributed by atoms with van der Waals surface area (Å²) in [5.41, 5.74) is 6.73. The van der Waals surface area contributed by atoms with Crippen molar-refractivity contribution in [1.29, 1.82) is 0 Å². The summed E-state index contributed by atoms with van der Waals surface area (Å²) >= 11 is 1.20. The van der Waals surface area contributed by atoms with Crippen molar-refractivity contribution in [1.82, 2.24) is 4.98 Å². The van der Waals surface area contributed by atoms with Crippen molar-refractivity contribution in [2.75, 3.05) is 17.7 Å². The number of carbonyl (C=O) groups excluding carboxylic acids is 2. The minimum Gasteiger partial charge on any atom is -0.462 e. The van der Waals surface area contributed by atoms with E-state index in [1.54, 1.807) is 36.6 Å². The molecule has 2 rings (SSSR count). The first-order valence-corrected chi connectivity index (χ1v) is 6.77. The Kier molecular flexibility index (Phi) is 4.31. The average molecular weight is 291 g/mol. The van der Waals surface area contributed by atoms with Crippen molar-refractivity contribution in [2.24, 2.45) is 0 Å². The van der Waals surface area contributed by atoms with E-state index in [0.29, 0.717) is 23.0 Å². The van der Waals surface area contributed by atoms with Crippen LogP contribution in [0.2, 0.25) is 0 Å². The fourth-order valence-corrected chi connectivity index (χ4v) is 2.03. The SMILES string of the molecule is CCOC(=O)c1ccc(NC(=O)c2csc(N)n2)cc1. The first kappa shape index (κ1) is 14.0. The van der Waals surface area contributed by atoms with Crippen molar-refractivity contribution >= 4 is 34.0 Å². The molecule has 6 nitrogen and oxygen atoms in total. The number of benzene rings is 1. The third-order valence-electron chi connectivity index (χ3n) is 2.41. The van der Waals surface area contributed by atoms with Crippen LogP contribution in [0.1, 0.15) is 27.8 Å². The summed E-state index contributed by atoms with van der Waals surface area (Å²) in [5, 5.41) is 4.59. The summed E-state index contributed by atoms with van der Waals surface area (Å²) in [4.78, 5) is 27.2. The Balaban J connectivity index is 2.04. The van der Waals surface area contributed by atoms with Gasteiger partial charge in [-0.2, -0.15) is 0 Å². The molecule has 1 aromatic carbocycles. The Morgan fingerprint density at radius 2 is 2.05 bits per heavy atom. The number of thiazole rings is 1. The maximum atomic E-state index is 11.8. The van der Waals surface area contributed by atoms with Crippen molar-refractivity contribution < 1.29 is 14.3 Å².